The van der Waals surface area contributed by atoms with Crippen molar-refractivity contribution in [1.82, 2.24) is 9.88 Å². The average Bonchev–Trinajstić information content (AvgIpc) is 2.24. The number of pyridine rings is 1. The first-order chi connectivity index (χ1) is 7.27. The van der Waals surface area contributed by atoms with Gasteiger partial charge in [-0.2, -0.15) is 11.8 Å². The van der Waals surface area contributed by atoms with E-state index in [0.717, 1.165) is 23.6 Å². The summed E-state index contributed by atoms with van der Waals surface area (Å²) in [5.74, 6) is 2.10. The molecule has 1 aliphatic heterocycles. The fraction of sp³-hybridized carbons (Fsp3) is 0.545. The fourth-order valence-electron chi connectivity index (χ4n) is 1.75. The molecule has 1 fully saturated rings. The molecule has 0 N–H and O–H groups in total. The SMILES string of the molecule is C[C@@H]1CSCCN1Cc1ccncc1F. The monoisotopic (exact) mass is 226 g/mol. The number of thioether (sulfide) groups is 1. The van der Waals surface area contributed by atoms with E-state index < -0.39 is 0 Å². The average molecular weight is 226 g/mol. The maximum Gasteiger partial charge on any atom is 0.145 e. The smallest absolute Gasteiger partial charge is 0.145 e. The van der Waals surface area contributed by atoms with Crippen LogP contribution in [-0.2, 0) is 6.54 Å². The molecule has 0 aromatic carbocycles. The first kappa shape index (κ1) is 10.9. The van der Waals surface area contributed by atoms with Gasteiger partial charge in [0.2, 0.25) is 0 Å². The summed E-state index contributed by atoms with van der Waals surface area (Å²) < 4.78 is 13.4. The molecule has 0 radical (unpaired) electrons. The number of halogens is 1. The van der Waals surface area contributed by atoms with Crippen molar-refractivity contribution >= 4 is 11.8 Å². The number of hydrogen-bond donors (Lipinski definition) is 0. The molecule has 0 saturated carbocycles. The number of aromatic nitrogens is 1. The summed E-state index contributed by atoms with van der Waals surface area (Å²) in [5.41, 5.74) is 0.753. The minimum Gasteiger partial charge on any atom is -0.295 e. The van der Waals surface area contributed by atoms with Gasteiger partial charge >= 0.3 is 0 Å². The Labute approximate surface area is 93.9 Å². The summed E-state index contributed by atoms with van der Waals surface area (Å²) in [4.78, 5) is 6.09. The summed E-state index contributed by atoms with van der Waals surface area (Å²) in [6.45, 7) is 3.95. The lowest BCUT2D eigenvalue weighted by Crippen LogP contribution is -2.39. The molecule has 2 rings (SSSR count). The highest BCUT2D eigenvalue weighted by Gasteiger charge is 2.19. The molecule has 0 amide bonds. The van der Waals surface area contributed by atoms with Crippen molar-refractivity contribution in [2.45, 2.75) is 19.5 Å². The van der Waals surface area contributed by atoms with Crippen LogP contribution in [0.1, 0.15) is 12.5 Å². The lowest BCUT2D eigenvalue weighted by Gasteiger charge is -2.32. The molecule has 0 unspecified atom stereocenters. The third-order valence-corrected chi connectivity index (χ3v) is 3.92. The molecular weight excluding hydrogens is 211 g/mol. The van der Waals surface area contributed by atoms with Crippen LogP contribution in [0.15, 0.2) is 18.5 Å². The molecule has 2 heterocycles. The largest absolute Gasteiger partial charge is 0.295 e. The summed E-state index contributed by atoms with van der Waals surface area (Å²) in [5, 5.41) is 0. The molecule has 4 heteroatoms. The van der Waals surface area contributed by atoms with E-state index in [1.54, 1.807) is 12.3 Å². The molecule has 0 spiro atoms. The van der Waals surface area contributed by atoms with E-state index >= 15 is 0 Å². The van der Waals surface area contributed by atoms with E-state index in [1.165, 1.54) is 6.20 Å². The lowest BCUT2D eigenvalue weighted by atomic mass is 10.2. The van der Waals surface area contributed by atoms with Crippen molar-refractivity contribution in [2.24, 2.45) is 0 Å². The highest BCUT2D eigenvalue weighted by atomic mass is 32.2. The van der Waals surface area contributed by atoms with E-state index in [1.807, 2.05) is 11.8 Å². The van der Waals surface area contributed by atoms with Crippen LogP contribution in [0.3, 0.4) is 0 Å². The standard InChI is InChI=1S/C11H15FN2S/c1-9-8-15-5-4-14(9)7-10-2-3-13-6-11(10)12/h2-3,6,9H,4-5,7-8H2,1H3/t9-/m1/s1. The van der Waals surface area contributed by atoms with E-state index in [4.69, 9.17) is 0 Å². The Kier molecular flexibility index (Phi) is 3.59. The Hall–Kier alpha value is -0.610. The molecule has 0 bridgehead atoms. The normalized spacial score (nSPS) is 22.9. The Morgan fingerprint density at radius 3 is 3.27 bits per heavy atom. The Balaban J connectivity index is 2.04. The summed E-state index contributed by atoms with van der Waals surface area (Å²) in [7, 11) is 0. The number of nitrogens with zero attached hydrogens (tertiary/aromatic N) is 2. The molecule has 1 aromatic heterocycles. The third-order valence-electron chi connectivity index (χ3n) is 2.74. The number of rotatable bonds is 2. The summed E-state index contributed by atoms with van der Waals surface area (Å²) in [6, 6.07) is 2.31. The van der Waals surface area contributed by atoms with Gasteiger partial charge in [0.05, 0.1) is 6.20 Å². The van der Waals surface area contributed by atoms with Crippen molar-refractivity contribution in [1.29, 1.82) is 0 Å². The Morgan fingerprint density at radius 1 is 1.67 bits per heavy atom. The first-order valence-corrected chi connectivity index (χ1v) is 6.33. The van der Waals surface area contributed by atoms with Gasteiger partial charge < -0.3 is 0 Å². The minimum atomic E-state index is -0.192. The van der Waals surface area contributed by atoms with Crippen LogP contribution < -0.4 is 0 Å². The van der Waals surface area contributed by atoms with Crippen LogP contribution >= 0.6 is 11.8 Å². The van der Waals surface area contributed by atoms with Crippen LogP contribution in [0.2, 0.25) is 0 Å². The van der Waals surface area contributed by atoms with Gasteiger partial charge in [0, 0.05) is 42.4 Å². The van der Waals surface area contributed by atoms with Gasteiger partial charge in [0.15, 0.2) is 0 Å². The molecular formula is C11H15FN2S. The van der Waals surface area contributed by atoms with Gasteiger partial charge in [-0.1, -0.05) is 0 Å². The maximum absolute atomic E-state index is 13.4. The van der Waals surface area contributed by atoms with Crippen LogP contribution in [0.25, 0.3) is 0 Å². The minimum absolute atomic E-state index is 0.192. The topological polar surface area (TPSA) is 16.1 Å². The predicted molar refractivity (Wildman–Crippen MR) is 61.4 cm³/mol. The van der Waals surface area contributed by atoms with E-state index in [-0.39, 0.29) is 5.82 Å². The highest BCUT2D eigenvalue weighted by molar-refractivity contribution is 7.99. The van der Waals surface area contributed by atoms with E-state index in [2.05, 4.69) is 16.8 Å². The van der Waals surface area contributed by atoms with Crippen molar-refractivity contribution in [2.75, 3.05) is 18.1 Å². The van der Waals surface area contributed by atoms with Crippen molar-refractivity contribution in [3.63, 3.8) is 0 Å². The van der Waals surface area contributed by atoms with Crippen LogP contribution in [0.4, 0.5) is 4.39 Å². The number of hydrogen-bond acceptors (Lipinski definition) is 3. The highest BCUT2D eigenvalue weighted by Crippen LogP contribution is 2.19. The zero-order chi connectivity index (χ0) is 10.7. The molecule has 82 valence electrons. The summed E-state index contributed by atoms with van der Waals surface area (Å²) in [6.07, 6.45) is 2.94. The van der Waals surface area contributed by atoms with Gasteiger partial charge in [-0.05, 0) is 13.0 Å². The molecule has 1 atom stereocenters. The Bertz CT molecular complexity index is 332. The second-order valence-electron chi connectivity index (χ2n) is 3.86. The zero-order valence-corrected chi connectivity index (χ0v) is 9.63. The van der Waals surface area contributed by atoms with Crippen LogP contribution in [0.5, 0.6) is 0 Å². The second kappa shape index (κ2) is 4.94. The molecule has 1 saturated heterocycles. The maximum atomic E-state index is 13.4. The van der Waals surface area contributed by atoms with Crippen LogP contribution in [-0.4, -0.2) is 34.0 Å². The second-order valence-corrected chi connectivity index (χ2v) is 5.01. The zero-order valence-electron chi connectivity index (χ0n) is 8.82. The molecule has 0 aliphatic carbocycles. The van der Waals surface area contributed by atoms with Gasteiger partial charge in [0.1, 0.15) is 5.82 Å². The van der Waals surface area contributed by atoms with E-state index in [0.29, 0.717) is 12.6 Å². The predicted octanol–water partition coefficient (Wildman–Crippen LogP) is 2.16. The van der Waals surface area contributed by atoms with Crippen LogP contribution in [0, 0.1) is 5.82 Å². The lowest BCUT2D eigenvalue weighted by molar-refractivity contribution is 0.221. The van der Waals surface area contributed by atoms with Gasteiger partial charge in [-0.15, -0.1) is 0 Å². The molecule has 2 nitrogen and oxygen atoms in total. The van der Waals surface area contributed by atoms with Gasteiger partial charge in [-0.3, -0.25) is 9.88 Å². The Morgan fingerprint density at radius 2 is 2.53 bits per heavy atom. The fourth-order valence-corrected chi connectivity index (χ4v) is 2.83. The van der Waals surface area contributed by atoms with Gasteiger partial charge in [-0.25, -0.2) is 4.39 Å². The van der Waals surface area contributed by atoms with Gasteiger partial charge in [0.25, 0.3) is 0 Å². The third kappa shape index (κ3) is 2.69. The molecule has 1 aromatic rings. The quantitative estimate of drug-likeness (QED) is 0.769. The first-order valence-electron chi connectivity index (χ1n) is 5.17. The van der Waals surface area contributed by atoms with E-state index in [9.17, 15) is 4.39 Å². The molecule has 15 heavy (non-hydrogen) atoms. The molecule has 1 aliphatic rings. The van der Waals surface area contributed by atoms with Crippen molar-refractivity contribution in [3.05, 3.63) is 29.8 Å². The van der Waals surface area contributed by atoms with Crippen molar-refractivity contribution < 1.29 is 4.39 Å². The van der Waals surface area contributed by atoms with Crippen molar-refractivity contribution in [3.8, 4) is 0 Å². The summed E-state index contributed by atoms with van der Waals surface area (Å²) >= 11 is 1.97.